The van der Waals surface area contributed by atoms with Crippen LogP contribution in [0.15, 0.2) is 58.3 Å². The van der Waals surface area contributed by atoms with Gasteiger partial charge in [0.2, 0.25) is 15.9 Å². The van der Waals surface area contributed by atoms with Crippen molar-refractivity contribution in [1.82, 2.24) is 9.62 Å². The highest BCUT2D eigenvalue weighted by atomic mass is 32.2. The van der Waals surface area contributed by atoms with E-state index in [9.17, 15) is 13.2 Å². The number of carbonyl (C=O) groups excluding carboxylic acids is 1. The van der Waals surface area contributed by atoms with E-state index in [2.05, 4.69) is 4.72 Å². The number of benzene rings is 2. The number of likely N-dealkylation sites (tertiary alicyclic amines) is 1. The predicted octanol–water partition coefficient (Wildman–Crippen LogP) is 3.01. The van der Waals surface area contributed by atoms with Crippen molar-refractivity contribution in [3.05, 3.63) is 59.7 Å². The van der Waals surface area contributed by atoms with Crippen LogP contribution in [0.2, 0.25) is 0 Å². The van der Waals surface area contributed by atoms with Gasteiger partial charge in [0.25, 0.3) is 0 Å². The van der Waals surface area contributed by atoms with E-state index in [0.29, 0.717) is 13.0 Å². The molecule has 1 saturated heterocycles. The summed E-state index contributed by atoms with van der Waals surface area (Å²) in [5.41, 5.74) is 1.94. The summed E-state index contributed by atoms with van der Waals surface area (Å²) in [5.74, 6) is 0.203. The van der Waals surface area contributed by atoms with Gasteiger partial charge in [-0.15, -0.1) is 11.8 Å². The minimum Gasteiger partial charge on any atom is -0.338 e. The first-order valence-corrected chi connectivity index (χ1v) is 11.2. The topological polar surface area (TPSA) is 66.5 Å². The predicted molar refractivity (Wildman–Crippen MR) is 103 cm³/mol. The molecule has 1 amide bonds. The highest BCUT2D eigenvalue weighted by Crippen LogP contribution is 2.18. The van der Waals surface area contributed by atoms with E-state index in [0.717, 1.165) is 29.0 Å². The Morgan fingerprint density at radius 3 is 2.27 bits per heavy atom. The molecule has 1 heterocycles. The Labute approximate surface area is 158 Å². The van der Waals surface area contributed by atoms with Crippen LogP contribution in [0, 0.1) is 0 Å². The van der Waals surface area contributed by atoms with Gasteiger partial charge in [-0.2, -0.15) is 0 Å². The Morgan fingerprint density at radius 1 is 1.04 bits per heavy atom. The van der Waals surface area contributed by atoms with Crippen LogP contribution in [-0.4, -0.2) is 32.0 Å². The molecule has 138 valence electrons. The standard InChI is InChI=1S/C19H22N2O3S2/c1-25-17-8-10-18(11-9-17)26(23,24)20-13-15-4-6-16(7-5-15)14-21-12-2-3-19(21)22/h4-11,20H,2-3,12-14H2,1H3. The van der Waals surface area contributed by atoms with Crippen molar-refractivity contribution < 1.29 is 13.2 Å². The summed E-state index contributed by atoms with van der Waals surface area (Å²) in [5, 5.41) is 0. The van der Waals surface area contributed by atoms with Crippen LogP contribution in [0.5, 0.6) is 0 Å². The maximum Gasteiger partial charge on any atom is 0.240 e. The van der Waals surface area contributed by atoms with Gasteiger partial charge in [0, 0.05) is 31.0 Å². The van der Waals surface area contributed by atoms with Crippen LogP contribution < -0.4 is 4.72 Å². The summed E-state index contributed by atoms with van der Waals surface area (Å²) in [6.07, 6.45) is 3.51. The van der Waals surface area contributed by atoms with Crippen molar-refractivity contribution in [1.29, 1.82) is 0 Å². The normalized spacial score (nSPS) is 14.8. The average molecular weight is 391 g/mol. The molecule has 2 aromatic carbocycles. The lowest BCUT2D eigenvalue weighted by Gasteiger charge is -2.15. The third kappa shape index (κ3) is 4.66. The lowest BCUT2D eigenvalue weighted by atomic mass is 10.1. The van der Waals surface area contributed by atoms with Gasteiger partial charge in [-0.3, -0.25) is 4.79 Å². The third-order valence-corrected chi connectivity index (χ3v) is 6.56. The number of thioether (sulfide) groups is 1. The maximum atomic E-state index is 12.4. The minimum atomic E-state index is -3.53. The van der Waals surface area contributed by atoms with E-state index >= 15 is 0 Å². The zero-order valence-corrected chi connectivity index (χ0v) is 16.3. The second kappa shape index (κ2) is 8.24. The van der Waals surface area contributed by atoms with E-state index in [1.807, 2.05) is 35.4 Å². The van der Waals surface area contributed by atoms with Crippen LogP contribution in [0.25, 0.3) is 0 Å². The molecule has 7 heteroatoms. The molecule has 1 fully saturated rings. The van der Waals surface area contributed by atoms with Crippen LogP contribution in [0.4, 0.5) is 0 Å². The van der Waals surface area contributed by atoms with Crippen molar-refractivity contribution in [2.24, 2.45) is 0 Å². The van der Waals surface area contributed by atoms with Gasteiger partial charge in [0.05, 0.1) is 4.90 Å². The molecule has 2 aromatic rings. The summed E-state index contributed by atoms with van der Waals surface area (Å²) >= 11 is 1.57. The van der Waals surface area contributed by atoms with Gasteiger partial charge >= 0.3 is 0 Å². The van der Waals surface area contributed by atoms with Crippen LogP contribution >= 0.6 is 11.8 Å². The summed E-state index contributed by atoms with van der Waals surface area (Å²) in [6.45, 7) is 1.66. The number of hydrogen-bond donors (Lipinski definition) is 1. The maximum absolute atomic E-state index is 12.4. The first-order valence-electron chi connectivity index (χ1n) is 8.47. The third-order valence-electron chi connectivity index (χ3n) is 4.40. The van der Waals surface area contributed by atoms with Crippen molar-refractivity contribution in [2.45, 2.75) is 35.7 Å². The van der Waals surface area contributed by atoms with Gasteiger partial charge in [-0.25, -0.2) is 13.1 Å². The Balaban J connectivity index is 1.59. The van der Waals surface area contributed by atoms with E-state index in [-0.39, 0.29) is 17.3 Å². The van der Waals surface area contributed by atoms with Gasteiger partial charge in [-0.05, 0) is 48.1 Å². The van der Waals surface area contributed by atoms with Gasteiger partial charge in [0.15, 0.2) is 0 Å². The highest BCUT2D eigenvalue weighted by Gasteiger charge is 2.20. The molecule has 0 radical (unpaired) electrons. The Hall–Kier alpha value is -1.83. The molecule has 0 spiro atoms. The quantitative estimate of drug-likeness (QED) is 0.738. The fourth-order valence-electron chi connectivity index (χ4n) is 2.87. The Kier molecular flexibility index (Phi) is 6.01. The summed E-state index contributed by atoms with van der Waals surface area (Å²) < 4.78 is 27.4. The van der Waals surface area contributed by atoms with E-state index in [4.69, 9.17) is 0 Å². The zero-order chi connectivity index (χ0) is 18.6. The molecule has 3 rings (SSSR count). The van der Waals surface area contributed by atoms with Crippen molar-refractivity contribution in [3.63, 3.8) is 0 Å². The van der Waals surface area contributed by atoms with Gasteiger partial charge < -0.3 is 4.90 Å². The van der Waals surface area contributed by atoms with E-state index in [1.54, 1.807) is 36.0 Å². The molecular formula is C19H22N2O3S2. The number of rotatable bonds is 7. The number of amides is 1. The molecule has 0 atom stereocenters. The number of sulfonamides is 1. The van der Waals surface area contributed by atoms with Gasteiger partial charge in [0.1, 0.15) is 0 Å². The van der Waals surface area contributed by atoms with Crippen LogP contribution in [0.3, 0.4) is 0 Å². The van der Waals surface area contributed by atoms with Crippen molar-refractivity contribution >= 4 is 27.7 Å². The largest absolute Gasteiger partial charge is 0.338 e. The van der Waals surface area contributed by atoms with Crippen molar-refractivity contribution in [3.8, 4) is 0 Å². The molecule has 0 aromatic heterocycles. The first-order chi connectivity index (χ1) is 12.5. The molecule has 1 aliphatic rings. The first kappa shape index (κ1) is 18.9. The summed E-state index contributed by atoms with van der Waals surface area (Å²) in [4.78, 5) is 14.8. The number of nitrogens with one attached hydrogen (secondary N) is 1. The average Bonchev–Trinajstić information content (AvgIpc) is 3.06. The molecule has 1 N–H and O–H groups in total. The van der Waals surface area contributed by atoms with E-state index in [1.165, 1.54) is 0 Å². The molecule has 0 bridgehead atoms. The fourth-order valence-corrected chi connectivity index (χ4v) is 4.30. The SMILES string of the molecule is CSc1ccc(S(=O)(=O)NCc2ccc(CN3CCCC3=O)cc2)cc1. The molecule has 5 nitrogen and oxygen atoms in total. The van der Waals surface area contributed by atoms with Gasteiger partial charge in [-0.1, -0.05) is 24.3 Å². The number of nitrogens with zero attached hydrogens (tertiary/aromatic N) is 1. The molecule has 0 aliphatic carbocycles. The highest BCUT2D eigenvalue weighted by molar-refractivity contribution is 7.98. The van der Waals surface area contributed by atoms with Crippen LogP contribution in [0.1, 0.15) is 24.0 Å². The summed E-state index contributed by atoms with van der Waals surface area (Å²) in [7, 11) is -3.53. The Morgan fingerprint density at radius 2 is 1.69 bits per heavy atom. The molecule has 0 unspecified atom stereocenters. The van der Waals surface area contributed by atoms with Crippen molar-refractivity contribution in [2.75, 3.05) is 12.8 Å². The zero-order valence-electron chi connectivity index (χ0n) is 14.6. The van der Waals surface area contributed by atoms with Crippen LogP contribution in [-0.2, 0) is 27.9 Å². The smallest absolute Gasteiger partial charge is 0.240 e. The second-order valence-corrected chi connectivity index (χ2v) is 8.88. The molecule has 26 heavy (non-hydrogen) atoms. The summed E-state index contributed by atoms with van der Waals surface area (Å²) in [6, 6.07) is 14.5. The molecular weight excluding hydrogens is 368 g/mol. The Bertz CT molecular complexity index is 863. The fraction of sp³-hybridized carbons (Fsp3) is 0.316. The number of carbonyl (C=O) groups is 1. The monoisotopic (exact) mass is 390 g/mol. The molecule has 1 aliphatic heterocycles. The number of hydrogen-bond acceptors (Lipinski definition) is 4. The lowest BCUT2D eigenvalue weighted by Crippen LogP contribution is -2.24. The van der Waals surface area contributed by atoms with E-state index < -0.39 is 10.0 Å². The lowest BCUT2D eigenvalue weighted by molar-refractivity contribution is -0.128. The second-order valence-electron chi connectivity index (χ2n) is 6.24. The molecule has 0 saturated carbocycles. The minimum absolute atomic E-state index is 0.203.